The zero-order valence-electron chi connectivity index (χ0n) is 8.34. The molecule has 0 radical (unpaired) electrons. The van der Waals surface area contributed by atoms with Crippen LogP contribution >= 0.6 is 11.6 Å². The van der Waals surface area contributed by atoms with Crippen LogP contribution in [0.15, 0.2) is 0 Å². The van der Waals surface area contributed by atoms with Crippen LogP contribution in [-0.4, -0.2) is 16.1 Å². The minimum atomic E-state index is 0.400. The van der Waals surface area contributed by atoms with Crippen molar-refractivity contribution in [1.82, 2.24) is 9.55 Å². The van der Waals surface area contributed by atoms with Crippen LogP contribution in [0.5, 0.6) is 0 Å². The number of hydrogen-bond acceptors (Lipinski definition) is 2. The summed E-state index contributed by atoms with van der Waals surface area (Å²) in [6.45, 7) is 4.82. The summed E-state index contributed by atoms with van der Waals surface area (Å²) in [5.41, 5.74) is 6.56. The first-order valence-electron chi connectivity index (χ1n) is 4.49. The fourth-order valence-corrected chi connectivity index (χ4v) is 1.94. The van der Waals surface area contributed by atoms with Gasteiger partial charge < -0.3 is 10.3 Å². The van der Waals surface area contributed by atoms with Gasteiger partial charge in [-0.15, -0.1) is 0 Å². The van der Waals surface area contributed by atoms with Gasteiger partial charge in [0.15, 0.2) is 5.15 Å². The predicted octanol–water partition coefficient (Wildman–Crippen LogP) is 1.70. The maximum atomic E-state index is 6.01. The summed E-state index contributed by atoms with van der Waals surface area (Å²) < 4.78 is 2.04. The zero-order valence-corrected chi connectivity index (χ0v) is 9.10. The van der Waals surface area contributed by atoms with Crippen molar-refractivity contribution in [3.05, 3.63) is 16.7 Å². The summed E-state index contributed by atoms with van der Waals surface area (Å²) in [5.74, 6) is 1.37. The molecule has 0 aliphatic heterocycles. The van der Waals surface area contributed by atoms with E-state index in [1.807, 2.05) is 11.6 Å². The Labute approximate surface area is 83.9 Å². The van der Waals surface area contributed by atoms with Gasteiger partial charge in [-0.05, 0) is 12.5 Å². The lowest BCUT2D eigenvalue weighted by atomic mass is 10.1. The Bertz CT molecular complexity index is 291. The molecule has 4 heteroatoms. The van der Waals surface area contributed by atoms with Crippen LogP contribution in [-0.2, 0) is 13.5 Å². The molecule has 0 atom stereocenters. The summed E-state index contributed by atoms with van der Waals surface area (Å²) in [6, 6.07) is 0. The van der Waals surface area contributed by atoms with Gasteiger partial charge in [-0.3, -0.25) is 0 Å². The monoisotopic (exact) mass is 201 g/mol. The first-order valence-corrected chi connectivity index (χ1v) is 4.86. The standard InChI is InChI=1S/C9H16ClN3/c1-6(2)8-9(10)12-7(4-5-11)13(8)3/h6H,4-5,11H2,1-3H3. The molecule has 0 aliphatic rings. The van der Waals surface area contributed by atoms with Gasteiger partial charge in [0.05, 0.1) is 5.69 Å². The number of rotatable bonds is 3. The van der Waals surface area contributed by atoms with Gasteiger partial charge in [0.1, 0.15) is 5.82 Å². The second kappa shape index (κ2) is 4.11. The third kappa shape index (κ3) is 2.03. The van der Waals surface area contributed by atoms with E-state index in [0.717, 1.165) is 17.9 Å². The fourth-order valence-electron chi connectivity index (χ4n) is 1.50. The van der Waals surface area contributed by atoms with E-state index in [1.54, 1.807) is 0 Å². The minimum Gasteiger partial charge on any atom is -0.333 e. The molecule has 1 aromatic rings. The summed E-state index contributed by atoms with van der Waals surface area (Å²) >= 11 is 6.01. The number of halogens is 1. The van der Waals surface area contributed by atoms with E-state index in [9.17, 15) is 0 Å². The van der Waals surface area contributed by atoms with E-state index >= 15 is 0 Å². The summed E-state index contributed by atoms with van der Waals surface area (Å²) in [6.07, 6.45) is 0.781. The topological polar surface area (TPSA) is 43.8 Å². The van der Waals surface area contributed by atoms with Crippen LogP contribution < -0.4 is 5.73 Å². The molecule has 0 saturated carbocycles. The molecule has 3 nitrogen and oxygen atoms in total. The number of hydrogen-bond donors (Lipinski definition) is 1. The van der Waals surface area contributed by atoms with Crippen molar-refractivity contribution in [2.75, 3.05) is 6.54 Å². The molecule has 0 fully saturated rings. The smallest absolute Gasteiger partial charge is 0.150 e. The quantitative estimate of drug-likeness (QED) is 0.809. The average molecular weight is 202 g/mol. The van der Waals surface area contributed by atoms with E-state index in [4.69, 9.17) is 17.3 Å². The van der Waals surface area contributed by atoms with Crippen molar-refractivity contribution in [1.29, 1.82) is 0 Å². The van der Waals surface area contributed by atoms with Gasteiger partial charge in [0, 0.05) is 13.5 Å². The average Bonchev–Trinajstić information content (AvgIpc) is 2.28. The molecule has 0 spiro atoms. The van der Waals surface area contributed by atoms with Crippen LogP contribution in [0.1, 0.15) is 31.3 Å². The van der Waals surface area contributed by atoms with Crippen molar-refractivity contribution < 1.29 is 0 Å². The predicted molar refractivity (Wildman–Crippen MR) is 55.1 cm³/mol. The van der Waals surface area contributed by atoms with Crippen LogP contribution in [0.25, 0.3) is 0 Å². The lowest BCUT2D eigenvalue weighted by molar-refractivity contribution is 0.699. The Balaban J connectivity index is 3.07. The Kier molecular flexibility index (Phi) is 3.33. The maximum absolute atomic E-state index is 6.01. The van der Waals surface area contributed by atoms with Crippen molar-refractivity contribution >= 4 is 11.6 Å². The molecule has 1 heterocycles. The number of imidazole rings is 1. The molecular formula is C9H16ClN3. The van der Waals surface area contributed by atoms with Crippen LogP contribution in [0.3, 0.4) is 0 Å². The summed E-state index contributed by atoms with van der Waals surface area (Å²) in [7, 11) is 1.99. The van der Waals surface area contributed by atoms with E-state index < -0.39 is 0 Å². The Hall–Kier alpha value is -0.540. The largest absolute Gasteiger partial charge is 0.333 e. The molecule has 74 valence electrons. The molecule has 0 amide bonds. The lowest BCUT2D eigenvalue weighted by Crippen LogP contribution is -2.09. The molecule has 0 aromatic carbocycles. The third-order valence-corrected chi connectivity index (χ3v) is 2.38. The second-order valence-corrected chi connectivity index (χ2v) is 3.81. The van der Waals surface area contributed by atoms with Crippen molar-refractivity contribution in [2.24, 2.45) is 12.8 Å². The van der Waals surface area contributed by atoms with Crippen molar-refractivity contribution in [2.45, 2.75) is 26.2 Å². The zero-order chi connectivity index (χ0) is 10.0. The Morgan fingerprint density at radius 2 is 2.15 bits per heavy atom. The van der Waals surface area contributed by atoms with Gasteiger partial charge in [-0.1, -0.05) is 25.4 Å². The van der Waals surface area contributed by atoms with Gasteiger partial charge in [-0.25, -0.2) is 4.98 Å². The normalized spacial score (nSPS) is 11.2. The molecule has 0 aliphatic carbocycles. The van der Waals surface area contributed by atoms with E-state index in [-0.39, 0.29) is 0 Å². The van der Waals surface area contributed by atoms with Gasteiger partial charge in [0.25, 0.3) is 0 Å². The van der Waals surface area contributed by atoms with Gasteiger partial charge in [0.2, 0.25) is 0 Å². The molecule has 1 aromatic heterocycles. The first kappa shape index (κ1) is 10.5. The highest BCUT2D eigenvalue weighted by Crippen LogP contribution is 2.24. The number of aromatic nitrogens is 2. The minimum absolute atomic E-state index is 0.400. The molecule has 13 heavy (non-hydrogen) atoms. The second-order valence-electron chi connectivity index (χ2n) is 3.46. The number of nitrogens with two attached hydrogens (primary N) is 1. The molecule has 0 bridgehead atoms. The SMILES string of the molecule is CC(C)c1c(Cl)nc(CCN)n1C. The molecular weight excluding hydrogens is 186 g/mol. The Morgan fingerprint density at radius 3 is 2.54 bits per heavy atom. The first-order chi connectivity index (χ1) is 6.07. The van der Waals surface area contributed by atoms with E-state index in [1.165, 1.54) is 0 Å². The highest BCUT2D eigenvalue weighted by Gasteiger charge is 2.14. The molecule has 1 rings (SSSR count). The van der Waals surface area contributed by atoms with E-state index in [0.29, 0.717) is 17.6 Å². The van der Waals surface area contributed by atoms with Crippen LogP contribution in [0.4, 0.5) is 0 Å². The lowest BCUT2D eigenvalue weighted by Gasteiger charge is -2.07. The number of nitrogens with zero attached hydrogens (tertiary/aromatic N) is 2. The van der Waals surface area contributed by atoms with Gasteiger partial charge >= 0.3 is 0 Å². The third-order valence-electron chi connectivity index (χ3n) is 2.10. The summed E-state index contributed by atoms with van der Waals surface area (Å²) in [4.78, 5) is 4.27. The molecule has 0 unspecified atom stereocenters. The summed E-state index contributed by atoms with van der Waals surface area (Å²) in [5, 5.41) is 0.612. The van der Waals surface area contributed by atoms with Crippen LogP contribution in [0, 0.1) is 0 Å². The molecule has 0 saturated heterocycles. The fraction of sp³-hybridized carbons (Fsp3) is 0.667. The highest BCUT2D eigenvalue weighted by molar-refractivity contribution is 6.30. The van der Waals surface area contributed by atoms with Gasteiger partial charge in [-0.2, -0.15) is 0 Å². The van der Waals surface area contributed by atoms with Crippen LogP contribution in [0.2, 0.25) is 5.15 Å². The van der Waals surface area contributed by atoms with E-state index in [2.05, 4.69) is 18.8 Å². The van der Waals surface area contributed by atoms with Crippen molar-refractivity contribution in [3.63, 3.8) is 0 Å². The van der Waals surface area contributed by atoms with Crippen molar-refractivity contribution in [3.8, 4) is 0 Å². The Morgan fingerprint density at radius 1 is 1.54 bits per heavy atom. The maximum Gasteiger partial charge on any atom is 0.150 e. The molecule has 2 N–H and O–H groups in total. The highest BCUT2D eigenvalue weighted by atomic mass is 35.5.